The fraction of sp³-hybridized carbons (Fsp3) is 0.917. The van der Waals surface area contributed by atoms with Gasteiger partial charge in [0.25, 0.3) is 0 Å². The highest BCUT2D eigenvalue weighted by molar-refractivity contribution is 5.47. The molecule has 15 heavy (non-hydrogen) atoms. The van der Waals surface area contributed by atoms with Gasteiger partial charge in [0.05, 0.1) is 0 Å². The maximum atomic E-state index is 10.6. The Kier molecular flexibility index (Phi) is 3.62. The van der Waals surface area contributed by atoms with Gasteiger partial charge in [-0.2, -0.15) is 0 Å². The van der Waals surface area contributed by atoms with Crippen LogP contribution in [-0.2, 0) is 4.79 Å². The van der Waals surface area contributed by atoms with Crippen LogP contribution in [0.15, 0.2) is 0 Å². The Bertz CT molecular complexity index is 212. The summed E-state index contributed by atoms with van der Waals surface area (Å²) in [5.74, 6) is 0.896. The van der Waals surface area contributed by atoms with Gasteiger partial charge in [0.15, 0.2) is 0 Å². The van der Waals surface area contributed by atoms with Crippen LogP contribution < -0.4 is 0 Å². The third kappa shape index (κ3) is 2.71. The lowest BCUT2D eigenvalue weighted by molar-refractivity contribution is -0.120. The van der Waals surface area contributed by atoms with E-state index in [1.54, 1.807) is 0 Å². The molecule has 2 aliphatic rings. The lowest BCUT2D eigenvalue weighted by Crippen LogP contribution is -2.50. The second kappa shape index (κ2) is 4.97. The molecule has 2 rings (SSSR count). The van der Waals surface area contributed by atoms with Crippen molar-refractivity contribution in [1.29, 1.82) is 0 Å². The fourth-order valence-electron chi connectivity index (χ4n) is 2.94. The van der Waals surface area contributed by atoms with Crippen LogP contribution in [0.3, 0.4) is 0 Å². The predicted molar refractivity (Wildman–Crippen MR) is 60.6 cm³/mol. The Morgan fingerprint density at radius 2 is 1.87 bits per heavy atom. The Balaban J connectivity index is 1.81. The molecule has 0 radical (unpaired) electrons. The Morgan fingerprint density at radius 3 is 2.47 bits per heavy atom. The summed E-state index contributed by atoms with van der Waals surface area (Å²) in [5, 5.41) is 0. The van der Waals surface area contributed by atoms with E-state index in [0.717, 1.165) is 44.5 Å². The van der Waals surface area contributed by atoms with Crippen molar-refractivity contribution in [3.8, 4) is 0 Å². The first kappa shape index (κ1) is 10.9. The van der Waals surface area contributed by atoms with Crippen molar-refractivity contribution in [2.45, 2.75) is 38.6 Å². The van der Waals surface area contributed by atoms with Crippen LogP contribution in [0.25, 0.3) is 0 Å². The molecule has 1 saturated heterocycles. The van der Waals surface area contributed by atoms with E-state index >= 15 is 0 Å². The molecule has 2 fully saturated rings. The van der Waals surface area contributed by atoms with E-state index < -0.39 is 0 Å². The highest BCUT2D eigenvalue weighted by Gasteiger charge is 2.26. The van der Waals surface area contributed by atoms with Crippen molar-refractivity contribution in [3.63, 3.8) is 0 Å². The van der Waals surface area contributed by atoms with Gasteiger partial charge in [-0.25, -0.2) is 0 Å². The number of nitrogens with zero attached hydrogens (tertiary/aromatic N) is 2. The fourth-order valence-corrected chi connectivity index (χ4v) is 2.94. The molecule has 0 bridgehead atoms. The number of carbonyl (C=O) groups excluding carboxylic acids is 1. The number of rotatable bonds is 2. The average molecular weight is 210 g/mol. The van der Waals surface area contributed by atoms with Gasteiger partial charge in [-0.3, -0.25) is 9.69 Å². The van der Waals surface area contributed by atoms with Gasteiger partial charge in [-0.15, -0.1) is 0 Å². The molecule has 0 unspecified atom stereocenters. The van der Waals surface area contributed by atoms with Gasteiger partial charge in [0.2, 0.25) is 6.41 Å². The summed E-state index contributed by atoms with van der Waals surface area (Å²) in [5.41, 5.74) is 0. The Morgan fingerprint density at radius 1 is 1.13 bits per heavy atom. The van der Waals surface area contributed by atoms with Crippen molar-refractivity contribution in [1.82, 2.24) is 9.80 Å². The van der Waals surface area contributed by atoms with E-state index in [1.807, 2.05) is 4.90 Å². The van der Waals surface area contributed by atoms with Crippen LogP contribution in [0.1, 0.15) is 32.6 Å². The molecule has 0 spiro atoms. The molecule has 0 N–H and O–H groups in total. The van der Waals surface area contributed by atoms with Gasteiger partial charge in [-0.1, -0.05) is 19.8 Å². The topological polar surface area (TPSA) is 23.6 Å². The molecule has 0 aromatic heterocycles. The van der Waals surface area contributed by atoms with E-state index in [-0.39, 0.29) is 0 Å². The minimum atomic E-state index is 0.794. The standard InChI is InChI=1S/C12H22N2O/c1-11-3-2-4-12(9-11)14-7-5-13(10-15)6-8-14/h10-12H,2-9H2,1H3/t11-,12+/m0/s1. The summed E-state index contributed by atoms with van der Waals surface area (Å²) in [6.07, 6.45) is 6.51. The van der Waals surface area contributed by atoms with Crippen LogP contribution in [-0.4, -0.2) is 48.4 Å². The van der Waals surface area contributed by atoms with Gasteiger partial charge < -0.3 is 4.90 Å². The van der Waals surface area contributed by atoms with E-state index in [0.29, 0.717) is 0 Å². The number of hydrogen-bond donors (Lipinski definition) is 0. The number of carbonyl (C=O) groups is 1. The normalized spacial score (nSPS) is 34.1. The smallest absolute Gasteiger partial charge is 0.209 e. The largest absolute Gasteiger partial charge is 0.343 e. The zero-order chi connectivity index (χ0) is 10.7. The average Bonchev–Trinajstić information content (AvgIpc) is 2.29. The Labute approximate surface area is 92.4 Å². The highest BCUT2D eigenvalue weighted by Crippen LogP contribution is 2.27. The lowest BCUT2D eigenvalue weighted by Gasteiger charge is -2.41. The first-order valence-electron chi connectivity index (χ1n) is 6.23. The van der Waals surface area contributed by atoms with Crippen molar-refractivity contribution in [2.24, 2.45) is 5.92 Å². The van der Waals surface area contributed by atoms with Crippen LogP contribution >= 0.6 is 0 Å². The molecule has 1 aliphatic carbocycles. The van der Waals surface area contributed by atoms with Gasteiger partial charge >= 0.3 is 0 Å². The molecule has 1 heterocycles. The van der Waals surface area contributed by atoms with E-state index in [9.17, 15) is 4.79 Å². The SMILES string of the molecule is C[C@H]1CCC[C@@H](N2CCN(C=O)CC2)C1. The summed E-state index contributed by atoms with van der Waals surface area (Å²) in [6.45, 7) is 6.38. The summed E-state index contributed by atoms with van der Waals surface area (Å²) in [7, 11) is 0. The van der Waals surface area contributed by atoms with Gasteiger partial charge in [0.1, 0.15) is 0 Å². The predicted octanol–water partition coefficient (Wildman–Crippen LogP) is 1.34. The molecule has 3 heteroatoms. The van der Waals surface area contributed by atoms with E-state index in [2.05, 4.69) is 11.8 Å². The summed E-state index contributed by atoms with van der Waals surface area (Å²) in [6, 6.07) is 0.794. The van der Waals surface area contributed by atoms with Crippen LogP contribution in [0.4, 0.5) is 0 Å². The third-order valence-electron chi connectivity index (χ3n) is 3.92. The van der Waals surface area contributed by atoms with E-state index in [1.165, 1.54) is 25.7 Å². The maximum absolute atomic E-state index is 10.6. The summed E-state index contributed by atoms with van der Waals surface area (Å²) < 4.78 is 0. The molecule has 1 aliphatic heterocycles. The Hall–Kier alpha value is -0.570. The first-order valence-corrected chi connectivity index (χ1v) is 6.23. The molecule has 1 amide bonds. The highest BCUT2D eigenvalue weighted by atomic mass is 16.1. The molecule has 1 saturated carbocycles. The first-order chi connectivity index (χ1) is 7.29. The monoisotopic (exact) mass is 210 g/mol. The second-order valence-electron chi connectivity index (χ2n) is 5.10. The third-order valence-corrected chi connectivity index (χ3v) is 3.92. The minimum Gasteiger partial charge on any atom is -0.343 e. The zero-order valence-electron chi connectivity index (χ0n) is 9.69. The molecule has 2 atom stereocenters. The second-order valence-corrected chi connectivity index (χ2v) is 5.10. The van der Waals surface area contributed by atoms with Crippen molar-refractivity contribution < 1.29 is 4.79 Å². The number of amides is 1. The van der Waals surface area contributed by atoms with Crippen molar-refractivity contribution in [3.05, 3.63) is 0 Å². The maximum Gasteiger partial charge on any atom is 0.209 e. The van der Waals surface area contributed by atoms with Gasteiger partial charge in [-0.05, 0) is 18.8 Å². The van der Waals surface area contributed by atoms with Crippen LogP contribution in [0.2, 0.25) is 0 Å². The van der Waals surface area contributed by atoms with Crippen LogP contribution in [0, 0.1) is 5.92 Å². The molecule has 3 nitrogen and oxygen atoms in total. The zero-order valence-corrected chi connectivity index (χ0v) is 9.69. The quantitative estimate of drug-likeness (QED) is 0.642. The van der Waals surface area contributed by atoms with Crippen molar-refractivity contribution in [2.75, 3.05) is 26.2 Å². The molecule has 0 aromatic carbocycles. The van der Waals surface area contributed by atoms with Gasteiger partial charge in [0, 0.05) is 32.2 Å². The van der Waals surface area contributed by atoms with Crippen LogP contribution in [0.5, 0.6) is 0 Å². The number of hydrogen-bond acceptors (Lipinski definition) is 2. The lowest BCUT2D eigenvalue weighted by atomic mass is 9.86. The molecular formula is C12H22N2O. The molecule has 86 valence electrons. The number of piperazine rings is 1. The van der Waals surface area contributed by atoms with E-state index in [4.69, 9.17) is 0 Å². The minimum absolute atomic E-state index is 0.794. The summed E-state index contributed by atoms with van der Waals surface area (Å²) >= 11 is 0. The molecular weight excluding hydrogens is 188 g/mol. The van der Waals surface area contributed by atoms with Crippen molar-refractivity contribution >= 4 is 6.41 Å². The summed E-state index contributed by atoms with van der Waals surface area (Å²) in [4.78, 5) is 15.1. The molecule has 0 aromatic rings.